The fourth-order valence-electron chi connectivity index (χ4n) is 5.95. The third-order valence-electron chi connectivity index (χ3n) is 8.43. The van der Waals surface area contributed by atoms with E-state index in [4.69, 9.17) is 15.0 Å². The molecule has 0 atom stereocenters. The van der Waals surface area contributed by atoms with E-state index in [9.17, 15) is 0 Å². The molecule has 8 rings (SSSR count). The summed E-state index contributed by atoms with van der Waals surface area (Å²) < 4.78 is 0.939. The smallest absolute Gasteiger partial charge is 0.164 e. The molecule has 232 valence electrons. The van der Waals surface area contributed by atoms with Crippen LogP contribution in [0.3, 0.4) is 0 Å². The second-order valence-electron chi connectivity index (χ2n) is 11.7. The summed E-state index contributed by atoms with van der Waals surface area (Å²) in [7, 11) is 0. The molecule has 0 amide bonds. The Balaban J connectivity index is 1.25. The molecule has 5 heteroatoms. The molecule has 0 radical (unpaired) electrons. The van der Waals surface area contributed by atoms with Crippen LogP contribution in [0, 0.1) is 0 Å². The fourth-order valence-corrected chi connectivity index (χ4v) is 6.45. The minimum atomic E-state index is 0.600. The maximum absolute atomic E-state index is 5.09. The molecule has 0 aliphatic rings. The molecule has 2 heterocycles. The van der Waals surface area contributed by atoms with Gasteiger partial charge in [0.05, 0.1) is 5.69 Å². The lowest BCUT2D eigenvalue weighted by Crippen LogP contribution is -2.00. The van der Waals surface area contributed by atoms with Gasteiger partial charge in [-0.25, -0.2) is 15.0 Å². The minimum absolute atomic E-state index is 0.600. The van der Waals surface area contributed by atoms with Crippen LogP contribution in [-0.4, -0.2) is 19.9 Å². The van der Waals surface area contributed by atoms with Crippen molar-refractivity contribution in [2.24, 2.45) is 0 Å². The maximum Gasteiger partial charge on any atom is 0.164 e. The summed E-state index contributed by atoms with van der Waals surface area (Å²) in [4.78, 5) is 19.8. The van der Waals surface area contributed by atoms with Crippen LogP contribution in [0.25, 0.3) is 78.8 Å². The predicted molar refractivity (Wildman–Crippen MR) is 203 cm³/mol. The maximum atomic E-state index is 5.09. The van der Waals surface area contributed by atoms with Crippen LogP contribution < -0.4 is 0 Å². The molecule has 4 nitrogen and oxygen atoms in total. The lowest BCUT2D eigenvalue weighted by atomic mass is 10.00. The first-order chi connectivity index (χ1) is 24.2. The van der Waals surface area contributed by atoms with Gasteiger partial charge in [0, 0.05) is 32.9 Å². The molecule has 2 aromatic heterocycles. The molecule has 0 saturated carbocycles. The fraction of sp³-hybridized carbons (Fsp3) is 0. The third kappa shape index (κ3) is 6.71. The van der Waals surface area contributed by atoms with Gasteiger partial charge < -0.3 is 0 Å². The summed E-state index contributed by atoms with van der Waals surface area (Å²) in [6.45, 7) is 0. The highest BCUT2D eigenvalue weighted by molar-refractivity contribution is 9.10. The van der Waals surface area contributed by atoms with E-state index in [1.165, 1.54) is 0 Å². The molecule has 6 aromatic carbocycles. The topological polar surface area (TPSA) is 51.6 Å². The Labute approximate surface area is 294 Å². The zero-order valence-electron chi connectivity index (χ0n) is 26.4. The number of nitrogens with zero attached hydrogens (tertiary/aromatic N) is 4. The zero-order chi connectivity index (χ0) is 33.0. The van der Waals surface area contributed by atoms with Gasteiger partial charge in [-0.3, -0.25) is 4.98 Å². The van der Waals surface area contributed by atoms with Gasteiger partial charge in [-0.1, -0.05) is 143 Å². The molecule has 0 saturated heterocycles. The van der Waals surface area contributed by atoms with E-state index in [0.29, 0.717) is 17.5 Å². The first-order valence-electron chi connectivity index (χ1n) is 16.1. The van der Waals surface area contributed by atoms with Crippen molar-refractivity contribution in [1.82, 2.24) is 19.9 Å². The van der Waals surface area contributed by atoms with Gasteiger partial charge >= 0.3 is 0 Å². The summed E-state index contributed by atoms with van der Waals surface area (Å²) in [5.41, 5.74) is 11.4. The first-order valence-corrected chi connectivity index (χ1v) is 16.9. The Kier molecular flexibility index (Phi) is 8.41. The van der Waals surface area contributed by atoms with E-state index in [1.54, 1.807) is 0 Å². The molecule has 0 spiro atoms. The number of hydrogen-bond acceptors (Lipinski definition) is 4. The summed E-state index contributed by atoms with van der Waals surface area (Å²) in [6, 6.07) is 58.3. The van der Waals surface area contributed by atoms with E-state index in [0.717, 1.165) is 65.8 Å². The summed E-state index contributed by atoms with van der Waals surface area (Å²) >= 11 is 3.78. The van der Waals surface area contributed by atoms with Crippen molar-refractivity contribution in [1.29, 1.82) is 0 Å². The SMILES string of the molecule is Brc1cc(-c2ccc(-c3ccccn3)cc2)cc(-c2nc(-c3cccc(-c4ccccc4)c3)nc(-c3cccc(-c4ccccc4)c3)n2)c1. The molecule has 0 bridgehead atoms. The average Bonchev–Trinajstić information content (AvgIpc) is 3.19. The highest BCUT2D eigenvalue weighted by atomic mass is 79.9. The Bertz CT molecular complexity index is 2280. The van der Waals surface area contributed by atoms with Gasteiger partial charge in [0.2, 0.25) is 0 Å². The lowest BCUT2D eigenvalue weighted by molar-refractivity contribution is 1.07. The van der Waals surface area contributed by atoms with Crippen molar-refractivity contribution in [2.75, 3.05) is 0 Å². The lowest BCUT2D eigenvalue weighted by Gasteiger charge is -2.12. The molecule has 0 aliphatic heterocycles. The van der Waals surface area contributed by atoms with E-state index >= 15 is 0 Å². The van der Waals surface area contributed by atoms with Gasteiger partial charge in [0.1, 0.15) is 0 Å². The number of hydrogen-bond donors (Lipinski definition) is 0. The Morgan fingerprint density at radius 1 is 0.306 bits per heavy atom. The molecule has 0 unspecified atom stereocenters. The standard InChI is InChI=1S/C44H29BrN4/c45-40-28-38(32-20-22-33(23-21-32)41-19-7-8-24-46-41)27-39(29-40)44-48-42(36-17-9-15-34(25-36)30-11-3-1-4-12-30)47-43(49-44)37-18-10-16-35(26-37)31-13-5-2-6-14-31/h1-29H. The summed E-state index contributed by atoms with van der Waals surface area (Å²) in [5.74, 6) is 1.83. The molecule has 0 fully saturated rings. The predicted octanol–water partition coefficient (Wildman–Crippen LogP) is 11.7. The molecule has 49 heavy (non-hydrogen) atoms. The van der Waals surface area contributed by atoms with E-state index in [1.807, 2.05) is 36.5 Å². The van der Waals surface area contributed by atoms with Gasteiger partial charge in [-0.05, 0) is 75.8 Å². The van der Waals surface area contributed by atoms with Crippen molar-refractivity contribution in [2.45, 2.75) is 0 Å². The first kappa shape index (κ1) is 30.3. The van der Waals surface area contributed by atoms with Gasteiger partial charge in [-0.2, -0.15) is 0 Å². The number of rotatable bonds is 7. The number of pyridine rings is 1. The van der Waals surface area contributed by atoms with Crippen LogP contribution in [0.15, 0.2) is 181 Å². The largest absolute Gasteiger partial charge is 0.256 e. The van der Waals surface area contributed by atoms with Crippen molar-refractivity contribution in [3.05, 3.63) is 181 Å². The molecular weight excluding hydrogens is 664 g/mol. The quantitative estimate of drug-likeness (QED) is 0.167. The highest BCUT2D eigenvalue weighted by Crippen LogP contribution is 2.34. The van der Waals surface area contributed by atoms with E-state index in [2.05, 4.69) is 160 Å². The van der Waals surface area contributed by atoms with Crippen LogP contribution in [-0.2, 0) is 0 Å². The van der Waals surface area contributed by atoms with E-state index in [-0.39, 0.29) is 0 Å². The summed E-state index contributed by atoms with van der Waals surface area (Å²) in [5, 5.41) is 0. The minimum Gasteiger partial charge on any atom is -0.256 e. The summed E-state index contributed by atoms with van der Waals surface area (Å²) in [6.07, 6.45) is 1.82. The Morgan fingerprint density at radius 2 is 0.735 bits per heavy atom. The van der Waals surface area contributed by atoms with Crippen LogP contribution in [0.4, 0.5) is 0 Å². The monoisotopic (exact) mass is 692 g/mol. The molecule has 0 N–H and O–H groups in total. The molecular formula is C44H29BrN4. The zero-order valence-corrected chi connectivity index (χ0v) is 28.0. The van der Waals surface area contributed by atoms with Crippen LogP contribution in [0.2, 0.25) is 0 Å². The van der Waals surface area contributed by atoms with E-state index < -0.39 is 0 Å². The van der Waals surface area contributed by atoms with Crippen LogP contribution >= 0.6 is 15.9 Å². The number of halogens is 1. The second-order valence-corrected chi connectivity index (χ2v) is 12.6. The van der Waals surface area contributed by atoms with Crippen molar-refractivity contribution >= 4 is 15.9 Å². The van der Waals surface area contributed by atoms with Crippen LogP contribution in [0.5, 0.6) is 0 Å². The Hall–Kier alpha value is -6.04. The molecule has 0 aliphatic carbocycles. The van der Waals surface area contributed by atoms with Crippen molar-refractivity contribution < 1.29 is 0 Å². The van der Waals surface area contributed by atoms with Crippen molar-refractivity contribution in [3.8, 4) is 78.8 Å². The highest BCUT2D eigenvalue weighted by Gasteiger charge is 2.15. The third-order valence-corrected chi connectivity index (χ3v) is 8.88. The van der Waals surface area contributed by atoms with Gasteiger partial charge in [-0.15, -0.1) is 0 Å². The average molecular weight is 694 g/mol. The Morgan fingerprint density at radius 3 is 1.29 bits per heavy atom. The number of benzene rings is 6. The van der Waals surface area contributed by atoms with Crippen LogP contribution in [0.1, 0.15) is 0 Å². The number of aromatic nitrogens is 4. The molecule has 8 aromatic rings. The second kappa shape index (κ2) is 13.6. The van der Waals surface area contributed by atoms with Crippen molar-refractivity contribution in [3.63, 3.8) is 0 Å². The van der Waals surface area contributed by atoms with Gasteiger partial charge in [0.15, 0.2) is 17.5 Å². The normalized spacial score (nSPS) is 11.0. The van der Waals surface area contributed by atoms with Gasteiger partial charge in [0.25, 0.3) is 0 Å².